The summed E-state index contributed by atoms with van der Waals surface area (Å²) < 4.78 is 1.83. The third-order valence-corrected chi connectivity index (χ3v) is 4.79. The lowest BCUT2D eigenvalue weighted by atomic mass is 9.85. The van der Waals surface area contributed by atoms with Crippen LogP contribution in [0.3, 0.4) is 0 Å². The molecule has 1 saturated carbocycles. The van der Waals surface area contributed by atoms with Gasteiger partial charge in [-0.05, 0) is 18.9 Å². The molecule has 1 aliphatic carbocycles. The van der Waals surface area contributed by atoms with Gasteiger partial charge >= 0.3 is 0 Å². The van der Waals surface area contributed by atoms with E-state index in [-0.39, 0.29) is 0 Å². The number of carbonyl (C=O) groups is 1. The van der Waals surface area contributed by atoms with Crippen molar-refractivity contribution < 1.29 is 4.79 Å². The Morgan fingerprint density at radius 3 is 2.83 bits per heavy atom. The van der Waals surface area contributed by atoms with E-state index < -0.39 is 5.91 Å². The lowest BCUT2D eigenvalue weighted by Gasteiger charge is -2.39. The van der Waals surface area contributed by atoms with Gasteiger partial charge in [0.05, 0.1) is 23.5 Å². The van der Waals surface area contributed by atoms with Gasteiger partial charge < -0.3 is 5.73 Å². The Morgan fingerprint density at radius 2 is 2.17 bits per heavy atom. The van der Waals surface area contributed by atoms with Gasteiger partial charge in [-0.15, -0.1) is 0 Å². The van der Waals surface area contributed by atoms with Gasteiger partial charge in [-0.3, -0.25) is 14.4 Å². The number of carbonyl (C=O) groups excluding carboxylic acids is 1. The number of hydrogen-bond acceptors (Lipinski definition) is 5. The second kappa shape index (κ2) is 5.73. The number of rotatable bonds is 5. The summed E-state index contributed by atoms with van der Waals surface area (Å²) in [5.41, 5.74) is 6.80. The number of amides is 1. The number of likely N-dealkylation sites (tertiary alicyclic amines) is 1. The minimum Gasteiger partial charge on any atom is -0.366 e. The van der Waals surface area contributed by atoms with Crippen LogP contribution < -0.4 is 5.73 Å². The minimum absolute atomic E-state index is 0.302. The first-order valence-corrected chi connectivity index (χ1v) is 8.07. The van der Waals surface area contributed by atoms with Crippen LogP contribution in [0.1, 0.15) is 53.1 Å². The molecule has 1 aliphatic heterocycles. The van der Waals surface area contributed by atoms with Gasteiger partial charge in [0.15, 0.2) is 0 Å². The number of aromatic nitrogens is 4. The smallest absolute Gasteiger partial charge is 0.251 e. The molecule has 0 radical (unpaired) electrons. The molecule has 7 nitrogen and oxygen atoms in total. The Bertz CT molecular complexity index is 717. The molecule has 0 atom stereocenters. The molecule has 0 unspecified atom stereocenters. The molecule has 2 N–H and O–H groups in total. The summed E-state index contributed by atoms with van der Waals surface area (Å²) >= 11 is 0. The van der Waals surface area contributed by atoms with Gasteiger partial charge in [0.2, 0.25) is 0 Å². The van der Waals surface area contributed by atoms with Crippen molar-refractivity contribution in [1.29, 1.82) is 0 Å². The molecule has 2 aromatic heterocycles. The number of primary amides is 1. The first-order valence-electron chi connectivity index (χ1n) is 8.07. The molecule has 1 amide bonds. The van der Waals surface area contributed by atoms with E-state index in [0.29, 0.717) is 17.5 Å². The van der Waals surface area contributed by atoms with Crippen molar-refractivity contribution in [2.75, 3.05) is 13.1 Å². The summed E-state index contributed by atoms with van der Waals surface area (Å²) in [4.78, 5) is 22.5. The van der Waals surface area contributed by atoms with Gasteiger partial charge in [-0.2, -0.15) is 5.10 Å². The number of nitrogens with two attached hydrogens (primary N) is 1. The molecule has 2 fully saturated rings. The lowest BCUT2D eigenvalue weighted by Crippen LogP contribution is -2.47. The van der Waals surface area contributed by atoms with Crippen LogP contribution in [0.4, 0.5) is 0 Å². The highest BCUT2D eigenvalue weighted by Crippen LogP contribution is 2.34. The quantitative estimate of drug-likeness (QED) is 0.893. The average Bonchev–Trinajstić information content (AvgIpc) is 2.90. The zero-order chi connectivity index (χ0) is 15.8. The van der Waals surface area contributed by atoms with E-state index >= 15 is 0 Å². The van der Waals surface area contributed by atoms with Crippen LogP contribution in [-0.2, 0) is 6.54 Å². The fourth-order valence-electron chi connectivity index (χ4n) is 3.10. The molecule has 0 bridgehead atoms. The van der Waals surface area contributed by atoms with Crippen molar-refractivity contribution in [3.63, 3.8) is 0 Å². The standard InChI is InChI=1S/C16H20N6O/c17-15(23)12-6-19-22(7-12)14-9-21(10-14)8-13-4-5-18-16(20-13)11-2-1-3-11/h4-7,11,14H,1-3,8-10H2,(H2,17,23). The lowest BCUT2D eigenvalue weighted by molar-refractivity contribution is 0.0891. The fraction of sp³-hybridized carbons (Fsp3) is 0.500. The van der Waals surface area contributed by atoms with Crippen molar-refractivity contribution in [3.8, 4) is 0 Å². The summed E-state index contributed by atoms with van der Waals surface area (Å²) in [6, 6.07) is 2.30. The Kier molecular flexibility index (Phi) is 3.57. The van der Waals surface area contributed by atoms with Crippen LogP contribution in [0.5, 0.6) is 0 Å². The van der Waals surface area contributed by atoms with Gasteiger partial charge in [-0.25, -0.2) is 9.97 Å². The summed E-state index contributed by atoms with van der Waals surface area (Å²) in [5.74, 6) is 1.14. The van der Waals surface area contributed by atoms with E-state index in [9.17, 15) is 4.79 Å². The van der Waals surface area contributed by atoms with Crippen molar-refractivity contribution >= 4 is 5.91 Å². The molecule has 120 valence electrons. The Morgan fingerprint density at radius 1 is 1.35 bits per heavy atom. The Hall–Kier alpha value is -2.28. The van der Waals surface area contributed by atoms with Crippen LogP contribution in [-0.4, -0.2) is 43.6 Å². The van der Waals surface area contributed by atoms with E-state index in [2.05, 4.69) is 15.0 Å². The second-order valence-electron chi connectivity index (χ2n) is 6.46. The predicted octanol–water partition coefficient (Wildman–Crippen LogP) is 1.10. The molecule has 0 spiro atoms. The average molecular weight is 312 g/mol. The molecule has 23 heavy (non-hydrogen) atoms. The molecule has 0 aromatic carbocycles. The summed E-state index contributed by atoms with van der Waals surface area (Å²) in [7, 11) is 0. The maximum atomic E-state index is 11.1. The van der Waals surface area contributed by atoms with E-state index in [1.165, 1.54) is 25.5 Å². The highest BCUT2D eigenvalue weighted by molar-refractivity contribution is 5.92. The van der Waals surface area contributed by atoms with Crippen molar-refractivity contribution in [3.05, 3.63) is 41.7 Å². The van der Waals surface area contributed by atoms with Crippen molar-refractivity contribution in [2.45, 2.75) is 37.8 Å². The van der Waals surface area contributed by atoms with E-state index in [4.69, 9.17) is 10.7 Å². The number of nitrogens with zero attached hydrogens (tertiary/aromatic N) is 5. The highest BCUT2D eigenvalue weighted by Gasteiger charge is 2.29. The molecule has 2 aliphatic rings. The topological polar surface area (TPSA) is 89.9 Å². The largest absolute Gasteiger partial charge is 0.366 e. The molecule has 4 rings (SSSR count). The third kappa shape index (κ3) is 2.84. The predicted molar refractivity (Wildman–Crippen MR) is 83.7 cm³/mol. The van der Waals surface area contributed by atoms with Crippen LogP contribution >= 0.6 is 0 Å². The van der Waals surface area contributed by atoms with Crippen LogP contribution in [0, 0.1) is 0 Å². The first kappa shape index (κ1) is 14.3. The van der Waals surface area contributed by atoms with Crippen LogP contribution in [0.2, 0.25) is 0 Å². The Labute approximate surface area is 134 Å². The highest BCUT2D eigenvalue weighted by atomic mass is 16.1. The number of hydrogen-bond donors (Lipinski definition) is 1. The molecule has 3 heterocycles. The molecular formula is C16H20N6O. The summed E-state index contributed by atoms with van der Waals surface area (Å²) in [5, 5.41) is 4.22. The van der Waals surface area contributed by atoms with Crippen LogP contribution in [0.25, 0.3) is 0 Å². The monoisotopic (exact) mass is 312 g/mol. The zero-order valence-corrected chi connectivity index (χ0v) is 12.9. The van der Waals surface area contributed by atoms with E-state index in [1.807, 2.05) is 16.9 Å². The third-order valence-electron chi connectivity index (χ3n) is 4.79. The molecular weight excluding hydrogens is 292 g/mol. The zero-order valence-electron chi connectivity index (χ0n) is 12.9. The second-order valence-corrected chi connectivity index (χ2v) is 6.46. The SMILES string of the molecule is NC(=O)c1cnn(C2CN(Cc3ccnc(C4CCC4)n3)C2)c1. The van der Waals surface area contributed by atoms with E-state index in [0.717, 1.165) is 31.2 Å². The van der Waals surface area contributed by atoms with Crippen molar-refractivity contribution in [1.82, 2.24) is 24.6 Å². The van der Waals surface area contributed by atoms with Gasteiger partial charge in [0, 0.05) is 37.9 Å². The normalized spacial score (nSPS) is 19.3. The summed E-state index contributed by atoms with van der Waals surface area (Å²) in [6.45, 7) is 2.65. The van der Waals surface area contributed by atoms with Gasteiger partial charge in [-0.1, -0.05) is 6.42 Å². The molecule has 7 heteroatoms. The summed E-state index contributed by atoms with van der Waals surface area (Å²) in [6.07, 6.45) is 8.86. The van der Waals surface area contributed by atoms with Crippen LogP contribution in [0.15, 0.2) is 24.7 Å². The van der Waals surface area contributed by atoms with Gasteiger partial charge in [0.25, 0.3) is 5.91 Å². The maximum Gasteiger partial charge on any atom is 0.251 e. The molecule has 1 saturated heterocycles. The fourth-order valence-corrected chi connectivity index (χ4v) is 3.10. The van der Waals surface area contributed by atoms with Gasteiger partial charge in [0.1, 0.15) is 5.82 Å². The Balaban J connectivity index is 1.34. The molecule has 2 aromatic rings. The van der Waals surface area contributed by atoms with Crippen molar-refractivity contribution in [2.24, 2.45) is 5.73 Å². The maximum absolute atomic E-state index is 11.1. The first-order chi connectivity index (χ1) is 11.2. The van der Waals surface area contributed by atoms with E-state index in [1.54, 1.807) is 6.20 Å². The minimum atomic E-state index is -0.433.